The Hall–Kier alpha value is -0.860. The normalized spacial score (nSPS) is 22.8. The van der Waals surface area contributed by atoms with E-state index >= 15 is 0 Å². The van der Waals surface area contributed by atoms with Gasteiger partial charge in [-0.25, -0.2) is 8.42 Å². The van der Waals surface area contributed by atoms with Crippen molar-refractivity contribution in [3.8, 4) is 0 Å². The topological polar surface area (TPSA) is 83.0 Å². The molecule has 148 valence electrons. The molecule has 0 radical (unpaired) electrons. The van der Waals surface area contributed by atoms with Gasteiger partial charge in [-0.3, -0.25) is 4.99 Å². The molecule has 1 saturated heterocycles. The quantitative estimate of drug-likeness (QED) is 0.343. The van der Waals surface area contributed by atoms with Crippen LogP contribution in [0, 0.1) is 0 Å². The average molecular weight is 377 g/mol. The molecular formula is C17H36N4O3S. The fourth-order valence-corrected chi connectivity index (χ4v) is 4.35. The Kier molecular flexibility index (Phi) is 10.4. The van der Waals surface area contributed by atoms with E-state index in [1.807, 2.05) is 20.8 Å². The third kappa shape index (κ3) is 8.87. The SMILES string of the molecule is CCCCCCN=C(NCC)NCCS(=O)(=O)N1CC(C)OC(C)C1. The van der Waals surface area contributed by atoms with Gasteiger partial charge in [-0.05, 0) is 27.2 Å². The van der Waals surface area contributed by atoms with Crippen LogP contribution in [0.15, 0.2) is 4.99 Å². The van der Waals surface area contributed by atoms with Crippen molar-refractivity contribution in [1.82, 2.24) is 14.9 Å². The van der Waals surface area contributed by atoms with E-state index in [9.17, 15) is 8.42 Å². The van der Waals surface area contributed by atoms with Gasteiger partial charge in [0.25, 0.3) is 0 Å². The van der Waals surface area contributed by atoms with Gasteiger partial charge >= 0.3 is 0 Å². The number of ether oxygens (including phenoxy) is 1. The molecule has 1 aliphatic rings. The highest BCUT2D eigenvalue weighted by atomic mass is 32.2. The number of hydrogen-bond acceptors (Lipinski definition) is 4. The molecule has 0 bridgehead atoms. The zero-order valence-corrected chi connectivity index (χ0v) is 17.1. The Morgan fingerprint density at radius 3 is 2.40 bits per heavy atom. The first-order chi connectivity index (χ1) is 11.9. The zero-order valence-electron chi connectivity index (χ0n) is 16.3. The summed E-state index contributed by atoms with van der Waals surface area (Å²) in [5.74, 6) is 0.755. The van der Waals surface area contributed by atoms with Crippen LogP contribution in [-0.4, -0.2) is 69.4 Å². The minimum atomic E-state index is -3.28. The van der Waals surface area contributed by atoms with Crippen molar-refractivity contribution in [2.24, 2.45) is 4.99 Å². The fourth-order valence-electron chi connectivity index (χ4n) is 2.86. The van der Waals surface area contributed by atoms with Gasteiger partial charge in [0.15, 0.2) is 5.96 Å². The van der Waals surface area contributed by atoms with Gasteiger partial charge in [0.05, 0.1) is 18.0 Å². The Morgan fingerprint density at radius 1 is 1.12 bits per heavy atom. The smallest absolute Gasteiger partial charge is 0.216 e. The Balaban J connectivity index is 2.44. The highest BCUT2D eigenvalue weighted by molar-refractivity contribution is 7.89. The number of unbranched alkanes of at least 4 members (excludes halogenated alkanes) is 3. The number of rotatable bonds is 10. The molecule has 2 unspecified atom stereocenters. The number of nitrogens with one attached hydrogen (secondary N) is 2. The van der Waals surface area contributed by atoms with Crippen molar-refractivity contribution in [2.45, 2.75) is 65.6 Å². The predicted octanol–water partition coefficient (Wildman–Crippen LogP) is 1.56. The van der Waals surface area contributed by atoms with E-state index in [4.69, 9.17) is 4.74 Å². The number of aliphatic imine (C=N–C) groups is 1. The van der Waals surface area contributed by atoms with Crippen molar-refractivity contribution < 1.29 is 13.2 Å². The summed E-state index contributed by atoms with van der Waals surface area (Å²) in [6, 6.07) is 0. The molecule has 1 aliphatic heterocycles. The van der Waals surface area contributed by atoms with E-state index in [1.54, 1.807) is 4.31 Å². The van der Waals surface area contributed by atoms with Gasteiger partial charge in [-0.2, -0.15) is 4.31 Å². The number of guanidine groups is 1. The van der Waals surface area contributed by atoms with E-state index in [-0.39, 0.29) is 18.0 Å². The lowest BCUT2D eigenvalue weighted by Gasteiger charge is -2.34. The predicted molar refractivity (Wildman–Crippen MR) is 103 cm³/mol. The summed E-state index contributed by atoms with van der Waals surface area (Å²) >= 11 is 0. The molecule has 25 heavy (non-hydrogen) atoms. The van der Waals surface area contributed by atoms with E-state index in [2.05, 4.69) is 22.5 Å². The van der Waals surface area contributed by atoms with Crippen molar-refractivity contribution in [3.05, 3.63) is 0 Å². The van der Waals surface area contributed by atoms with Crippen LogP contribution < -0.4 is 10.6 Å². The van der Waals surface area contributed by atoms with Crippen LogP contribution in [0.25, 0.3) is 0 Å². The molecule has 2 N–H and O–H groups in total. The van der Waals surface area contributed by atoms with Crippen LogP contribution in [0.5, 0.6) is 0 Å². The first kappa shape index (κ1) is 22.2. The summed E-state index contributed by atoms with van der Waals surface area (Å²) in [5, 5.41) is 6.29. The number of hydrogen-bond donors (Lipinski definition) is 2. The molecular weight excluding hydrogens is 340 g/mol. The third-order valence-corrected chi connectivity index (χ3v) is 5.86. The number of nitrogens with zero attached hydrogens (tertiary/aromatic N) is 2. The third-order valence-electron chi connectivity index (χ3n) is 4.06. The molecule has 7 nitrogen and oxygen atoms in total. The monoisotopic (exact) mass is 376 g/mol. The van der Waals surface area contributed by atoms with Crippen molar-refractivity contribution in [2.75, 3.05) is 38.5 Å². The minimum absolute atomic E-state index is 0.0616. The molecule has 0 saturated carbocycles. The first-order valence-electron chi connectivity index (χ1n) is 9.54. The van der Waals surface area contributed by atoms with Gasteiger partial charge in [0.1, 0.15) is 0 Å². The Morgan fingerprint density at radius 2 is 1.80 bits per heavy atom. The van der Waals surface area contributed by atoms with Crippen molar-refractivity contribution in [1.29, 1.82) is 0 Å². The van der Waals surface area contributed by atoms with Gasteiger partial charge in [-0.1, -0.05) is 26.2 Å². The highest BCUT2D eigenvalue weighted by Gasteiger charge is 2.30. The summed E-state index contributed by atoms with van der Waals surface area (Å²) in [6.45, 7) is 10.7. The maximum atomic E-state index is 12.5. The van der Waals surface area contributed by atoms with Crippen LogP contribution in [0.1, 0.15) is 53.4 Å². The molecule has 2 atom stereocenters. The molecule has 1 fully saturated rings. The average Bonchev–Trinajstić information content (AvgIpc) is 2.53. The van der Waals surface area contributed by atoms with Crippen LogP contribution in [0.4, 0.5) is 0 Å². The van der Waals surface area contributed by atoms with Crippen LogP contribution >= 0.6 is 0 Å². The second-order valence-electron chi connectivity index (χ2n) is 6.64. The van der Waals surface area contributed by atoms with Crippen LogP contribution in [0.3, 0.4) is 0 Å². The molecule has 0 spiro atoms. The summed E-state index contributed by atoms with van der Waals surface area (Å²) < 4.78 is 32.2. The Bertz CT molecular complexity index is 486. The second-order valence-corrected chi connectivity index (χ2v) is 8.73. The molecule has 0 aromatic rings. The molecule has 0 amide bonds. The molecule has 8 heteroatoms. The van der Waals surface area contributed by atoms with E-state index < -0.39 is 10.0 Å². The van der Waals surface area contributed by atoms with E-state index in [1.165, 1.54) is 19.3 Å². The largest absolute Gasteiger partial charge is 0.373 e. The number of sulfonamides is 1. The summed E-state index contributed by atoms with van der Waals surface area (Å²) in [4.78, 5) is 4.51. The minimum Gasteiger partial charge on any atom is -0.373 e. The summed E-state index contributed by atoms with van der Waals surface area (Å²) in [5.41, 5.74) is 0. The van der Waals surface area contributed by atoms with Crippen LogP contribution in [0.2, 0.25) is 0 Å². The van der Waals surface area contributed by atoms with Crippen molar-refractivity contribution >= 4 is 16.0 Å². The maximum Gasteiger partial charge on any atom is 0.216 e. The lowest BCUT2D eigenvalue weighted by molar-refractivity contribution is -0.0440. The van der Waals surface area contributed by atoms with Gasteiger partial charge < -0.3 is 15.4 Å². The van der Waals surface area contributed by atoms with E-state index in [0.717, 1.165) is 19.5 Å². The molecule has 0 aromatic carbocycles. The fraction of sp³-hybridized carbons (Fsp3) is 0.941. The van der Waals surface area contributed by atoms with Crippen molar-refractivity contribution in [3.63, 3.8) is 0 Å². The molecule has 0 aliphatic carbocycles. The zero-order chi connectivity index (χ0) is 18.7. The van der Waals surface area contributed by atoms with Gasteiger partial charge in [0.2, 0.25) is 10.0 Å². The second kappa shape index (κ2) is 11.7. The first-order valence-corrected chi connectivity index (χ1v) is 11.1. The summed E-state index contributed by atoms with van der Waals surface area (Å²) in [7, 11) is -3.28. The standard InChI is InChI=1S/C17H36N4O3S/c1-5-7-8-9-10-19-17(18-6-2)20-11-12-25(22,23)21-13-15(3)24-16(4)14-21/h15-16H,5-14H2,1-4H3,(H2,18,19,20). The van der Waals surface area contributed by atoms with E-state index in [0.29, 0.717) is 25.6 Å². The number of morpholine rings is 1. The van der Waals surface area contributed by atoms with Gasteiger partial charge in [-0.15, -0.1) is 0 Å². The molecule has 1 rings (SSSR count). The lowest BCUT2D eigenvalue weighted by Crippen LogP contribution is -2.50. The molecule has 1 heterocycles. The maximum absolute atomic E-state index is 12.5. The summed E-state index contributed by atoms with van der Waals surface area (Å²) in [6.07, 6.45) is 4.56. The lowest BCUT2D eigenvalue weighted by atomic mass is 10.2. The molecule has 0 aromatic heterocycles. The van der Waals surface area contributed by atoms with Crippen LogP contribution in [-0.2, 0) is 14.8 Å². The Labute approximate surface area is 153 Å². The highest BCUT2D eigenvalue weighted by Crippen LogP contribution is 2.14. The van der Waals surface area contributed by atoms with Gasteiger partial charge in [0, 0.05) is 32.7 Å².